The molecule has 29 heavy (non-hydrogen) atoms. The summed E-state index contributed by atoms with van der Waals surface area (Å²) >= 11 is 3.30. The molecule has 146 valence electrons. The summed E-state index contributed by atoms with van der Waals surface area (Å²) in [5.41, 5.74) is 4.38. The van der Waals surface area contributed by atoms with E-state index in [9.17, 15) is 9.59 Å². The minimum Gasteiger partial charge on any atom is -0.497 e. The number of carbonyl (C=O) groups is 2. The molecule has 3 aromatic carbocycles. The zero-order valence-corrected chi connectivity index (χ0v) is 16.9. The highest BCUT2D eigenvalue weighted by molar-refractivity contribution is 9.10. The van der Waals surface area contributed by atoms with Crippen LogP contribution in [0.3, 0.4) is 0 Å². The molecule has 8 heteroatoms. The minimum absolute atomic E-state index is 0.380. The Kier molecular flexibility index (Phi) is 6.70. The highest BCUT2D eigenvalue weighted by Gasteiger charge is 2.11. The normalized spacial score (nSPS) is 10.6. The molecule has 1 amide bonds. The Morgan fingerprint density at radius 2 is 1.72 bits per heavy atom. The lowest BCUT2D eigenvalue weighted by molar-refractivity contribution is 0.0595. The summed E-state index contributed by atoms with van der Waals surface area (Å²) in [6, 6.07) is 20.2. The first-order valence-electron chi connectivity index (χ1n) is 8.49. The van der Waals surface area contributed by atoms with Gasteiger partial charge in [0.1, 0.15) is 5.75 Å². The van der Waals surface area contributed by atoms with Crippen LogP contribution in [0.4, 0.5) is 11.4 Å². The molecule has 0 spiro atoms. The highest BCUT2D eigenvalue weighted by Crippen LogP contribution is 2.20. The molecule has 0 atom stereocenters. The number of ether oxygens (including phenoxy) is 1. The number of halogens is 1. The van der Waals surface area contributed by atoms with Crippen molar-refractivity contribution >= 4 is 39.2 Å². The van der Waals surface area contributed by atoms with Gasteiger partial charge in [-0.15, -0.1) is 10.2 Å². The van der Waals surface area contributed by atoms with E-state index >= 15 is 0 Å². The van der Waals surface area contributed by atoms with Gasteiger partial charge in [0.2, 0.25) is 0 Å². The van der Waals surface area contributed by atoms with E-state index in [1.807, 2.05) is 0 Å². The molecule has 0 radical (unpaired) electrons. The molecular formula is C21H16BrN3O4. The van der Waals surface area contributed by atoms with Crippen molar-refractivity contribution in [3.8, 4) is 5.75 Å². The second-order valence-electron chi connectivity index (χ2n) is 5.76. The fraction of sp³-hybridized carbons (Fsp3) is 0.0476. The number of methoxy groups -OCH3 is 1. The smallest absolute Gasteiger partial charge is 0.363 e. The average Bonchev–Trinajstić information content (AvgIpc) is 2.77. The standard InChI is InChI=1S/C21H16BrN3O4/c1-28-17-6-4-5-14(13-17)20(26)24-23-15-9-11-16(12-10-15)25-29-21(27)18-7-2-3-8-19(18)22/h2-13,25H,1H3. The van der Waals surface area contributed by atoms with E-state index in [4.69, 9.17) is 9.57 Å². The van der Waals surface area contributed by atoms with Gasteiger partial charge in [0.25, 0.3) is 5.91 Å². The summed E-state index contributed by atoms with van der Waals surface area (Å²) in [5.74, 6) is -0.433. The molecule has 0 unspecified atom stereocenters. The third-order valence-corrected chi connectivity index (χ3v) is 4.49. The lowest BCUT2D eigenvalue weighted by Crippen LogP contribution is -2.11. The van der Waals surface area contributed by atoms with E-state index in [1.165, 1.54) is 7.11 Å². The molecule has 0 heterocycles. The third kappa shape index (κ3) is 5.49. The molecule has 0 fully saturated rings. The quantitative estimate of drug-likeness (QED) is 0.389. The van der Waals surface area contributed by atoms with Gasteiger partial charge in [-0.25, -0.2) is 10.3 Å². The summed E-state index contributed by atoms with van der Waals surface area (Å²) in [7, 11) is 1.52. The fourth-order valence-corrected chi connectivity index (χ4v) is 2.75. The van der Waals surface area contributed by atoms with Gasteiger partial charge < -0.3 is 9.57 Å². The third-order valence-electron chi connectivity index (χ3n) is 3.80. The van der Waals surface area contributed by atoms with Gasteiger partial charge in [0.15, 0.2) is 0 Å². The van der Waals surface area contributed by atoms with E-state index in [-0.39, 0.29) is 0 Å². The molecule has 3 rings (SSSR count). The number of carbonyl (C=O) groups excluding carboxylic acids is 2. The van der Waals surface area contributed by atoms with Crippen LogP contribution in [0.1, 0.15) is 20.7 Å². The van der Waals surface area contributed by atoms with Crippen molar-refractivity contribution in [1.82, 2.24) is 0 Å². The van der Waals surface area contributed by atoms with E-state index in [1.54, 1.807) is 72.8 Å². The summed E-state index contributed by atoms with van der Waals surface area (Å²) in [6.45, 7) is 0. The van der Waals surface area contributed by atoms with Crippen LogP contribution in [-0.4, -0.2) is 19.0 Å². The van der Waals surface area contributed by atoms with Gasteiger partial charge >= 0.3 is 5.97 Å². The molecular weight excluding hydrogens is 438 g/mol. The number of nitrogens with one attached hydrogen (secondary N) is 1. The van der Waals surface area contributed by atoms with Crippen LogP contribution in [0.15, 0.2) is 87.5 Å². The van der Waals surface area contributed by atoms with Crippen molar-refractivity contribution in [2.24, 2.45) is 10.2 Å². The van der Waals surface area contributed by atoms with Crippen LogP contribution in [0.2, 0.25) is 0 Å². The predicted molar refractivity (Wildman–Crippen MR) is 111 cm³/mol. The highest BCUT2D eigenvalue weighted by atomic mass is 79.9. The Morgan fingerprint density at radius 3 is 2.45 bits per heavy atom. The van der Waals surface area contributed by atoms with Gasteiger partial charge in [-0.2, -0.15) is 0 Å². The number of hydrogen-bond acceptors (Lipinski definition) is 6. The number of anilines is 1. The number of hydrogen-bond donors (Lipinski definition) is 1. The van der Waals surface area contributed by atoms with Gasteiger partial charge in [0, 0.05) is 10.0 Å². The molecule has 1 N–H and O–H groups in total. The lowest BCUT2D eigenvalue weighted by Gasteiger charge is -2.07. The van der Waals surface area contributed by atoms with Crippen molar-refractivity contribution < 1.29 is 19.2 Å². The molecule has 7 nitrogen and oxygen atoms in total. The summed E-state index contributed by atoms with van der Waals surface area (Å²) < 4.78 is 5.73. The number of nitrogens with zero attached hydrogens (tertiary/aromatic N) is 2. The number of benzene rings is 3. The van der Waals surface area contributed by atoms with Crippen molar-refractivity contribution in [3.63, 3.8) is 0 Å². The van der Waals surface area contributed by atoms with Crippen molar-refractivity contribution in [3.05, 3.63) is 88.4 Å². The number of amides is 1. The van der Waals surface area contributed by atoms with Crippen LogP contribution in [0, 0.1) is 0 Å². The van der Waals surface area contributed by atoms with E-state index in [2.05, 4.69) is 31.6 Å². The Hall–Kier alpha value is -3.52. The Balaban J connectivity index is 1.58. The van der Waals surface area contributed by atoms with Gasteiger partial charge in [-0.3, -0.25) is 4.79 Å². The first-order chi connectivity index (χ1) is 14.1. The average molecular weight is 454 g/mol. The maximum atomic E-state index is 12.1. The summed E-state index contributed by atoms with van der Waals surface area (Å²) in [5, 5.41) is 7.64. The first-order valence-corrected chi connectivity index (χ1v) is 9.28. The van der Waals surface area contributed by atoms with Crippen LogP contribution < -0.4 is 10.2 Å². The van der Waals surface area contributed by atoms with Crippen molar-refractivity contribution in [2.75, 3.05) is 12.6 Å². The predicted octanol–water partition coefficient (Wildman–Crippen LogP) is 5.57. The fourth-order valence-electron chi connectivity index (χ4n) is 2.30. The maximum Gasteiger partial charge on any atom is 0.363 e. The molecule has 0 aliphatic rings. The Bertz CT molecular complexity index is 1050. The SMILES string of the molecule is COc1cccc(C(=O)N=Nc2ccc(NOC(=O)c3ccccc3Br)cc2)c1. The molecule has 0 saturated heterocycles. The molecule has 0 aliphatic heterocycles. The molecule has 0 saturated carbocycles. The van der Waals surface area contributed by atoms with E-state index in [0.717, 1.165) is 0 Å². The van der Waals surface area contributed by atoms with Crippen LogP contribution in [0.5, 0.6) is 5.75 Å². The Labute approximate surface area is 175 Å². The molecule has 0 bridgehead atoms. The summed E-state index contributed by atoms with van der Waals surface area (Å²) in [4.78, 5) is 29.2. The molecule has 0 aliphatic carbocycles. The zero-order chi connectivity index (χ0) is 20.6. The number of azo groups is 1. The first kappa shape index (κ1) is 20.2. The molecule has 0 aromatic heterocycles. The zero-order valence-electron chi connectivity index (χ0n) is 15.3. The van der Waals surface area contributed by atoms with Crippen molar-refractivity contribution in [2.45, 2.75) is 0 Å². The minimum atomic E-state index is -0.523. The van der Waals surface area contributed by atoms with Crippen LogP contribution in [-0.2, 0) is 4.84 Å². The lowest BCUT2D eigenvalue weighted by atomic mass is 10.2. The van der Waals surface area contributed by atoms with Crippen molar-refractivity contribution in [1.29, 1.82) is 0 Å². The van der Waals surface area contributed by atoms with Gasteiger partial charge in [-0.1, -0.05) is 18.2 Å². The number of rotatable bonds is 6. The monoisotopic (exact) mass is 453 g/mol. The Morgan fingerprint density at radius 1 is 0.966 bits per heavy atom. The van der Waals surface area contributed by atoms with Gasteiger partial charge in [-0.05, 0) is 70.5 Å². The van der Waals surface area contributed by atoms with E-state index < -0.39 is 11.9 Å². The second-order valence-corrected chi connectivity index (χ2v) is 6.61. The maximum absolute atomic E-state index is 12.1. The topological polar surface area (TPSA) is 89.3 Å². The van der Waals surface area contributed by atoms with Gasteiger partial charge in [0.05, 0.1) is 24.0 Å². The van der Waals surface area contributed by atoms with Crippen LogP contribution >= 0.6 is 15.9 Å². The second kappa shape index (κ2) is 9.61. The molecule has 3 aromatic rings. The largest absolute Gasteiger partial charge is 0.497 e. The van der Waals surface area contributed by atoms with E-state index in [0.29, 0.717) is 32.7 Å². The summed E-state index contributed by atoms with van der Waals surface area (Å²) in [6.07, 6.45) is 0. The van der Waals surface area contributed by atoms with Crippen LogP contribution in [0.25, 0.3) is 0 Å².